The minimum Gasteiger partial charge on any atom is -0.355 e. The average Bonchev–Trinajstić information content (AvgIpc) is 2.36. The van der Waals surface area contributed by atoms with Gasteiger partial charge in [0.15, 0.2) is 0 Å². The Balaban J connectivity index is 1.64. The van der Waals surface area contributed by atoms with Crippen molar-refractivity contribution in [2.75, 3.05) is 13.1 Å². The van der Waals surface area contributed by atoms with Gasteiger partial charge in [-0.2, -0.15) is 0 Å². The molecule has 3 nitrogen and oxygen atoms in total. The number of nitrogens with one attached hydrogen (secondary N) is 2. The van der Waals surface area contributed by atoms with Crippen LogP contribution in [0.4, 0.5) is 0 Å². The fourth-order valence-electron chi connectivity index (χ4n) is 2.38. The zero-order valence-electron chi connectivity index (χ0n) is 9.43. The summed E-state index contributed by atoms with van der Waals surface area (Å²) >= 11 is 0. The number of rotatable bonds is 4. The largest absolute Gasteiger partial charge is 0.355 e. The molecule has 3 heteroatoms. The van der Waals surface area contributed by atoms with E-state index < -0.39 is 0 Å². The van der Waals surface area contributed by atoms with Crippen LogP contribution in [0.3, 0.4) is 0 Å². The number of carbonyl (C=O) groups excluding carboxylic acids is 1. The van der Waals surface area contributed by atoms with Crippen LogP contribution in [0.25, 0.3) is 0 Å². The fraction of sp³-hybridized carbons (Fsp3) is 0.917. The van der Waals surface area contributed by atoms with Gasteiger partial charge in [-0.25, -0.2) is 0 Å². The van der Waals surface area contributed by atoms with E-state index in [1.165, 1.54) is 32.1 Å². The third-order valence-corrected chi connectivity index (χ3v) is 3.70. The summed E-state index contributed by atoms with van der Waals surface area (Å²) < 4.78 is 0. The predicted octanol–water partition coefficient (Wildman–Crippen LogP) is 1.43. The van der Waals surface area contributed by atoms with E-state index in [0.29, 0.717) is 0 Å². The Morgan fingerprint density at radius 2 is 2.07 bits per heavy atom. The summed E-state index contributed by atoms with van der Waals surface area (Å²) in [6.45, 7) is 1.88. The second-order valence-corrected chi connectivity index (χ2v) is 4.88. The van der Waals surface area contributed by atoms with E-state index in [0.717, 1.165) is 31.8 Å². The molecule has 1 atom stereocenters. The Hall–Kier alpha value is -0.570. The molecule has 0 bridgehead atoms. The summed E-state index contributed by atoms with van der Waals surface area (Å²) in [6.07, 6.45) is 8.78. The molecule has 0 aromatic heterocycles. The smallest absolute Gasteiger partial charge is 0.237 e. The number of hydrogen-bond donors (Lipinski definition) is 2. The molecule has 2 aliphatic rings. The van der Waals surface area contributed by atoms with Gasteiger partial charge in [0.2, 0.25) is 5.91 Å². The zero-order valence-corrected chi connectivity index (χ0v) is 9.43. The lowest BCUT2D eigenvalue weighted by Crippen LogP contribution is -2.43. The van der Waals surface area contributed by atoms with Crippen LogP contribution in [0.1, 0.15) is 44.9 Å². The minimum absolute atomic E-state index is 0.0765. The van der Waals surface area contributed by atoms with Gasteiger partial charge in [-0.15, -0.1) is 0 Å². The van der Waals surface area contributed by atoms with E-state index in [2.05, 4.69) is 10.6 Å². The molecule has 2 rings (SSSR count). The first-order valence-corrected chi connectivity index (χ1v) is 6.37. The van der Waals surface area contributed by atoms with Crippen molar-refractivity contribution in [3.8, 4) is 0 Å². The topological polar surface area (TPSA) is 41.1 Å². The summed E-state index contributed by atoms with van der Waals surface area (Å²) in [6, 6.07) is 0.0765. The molecule has 0 spiro atoms. The first-order chi connectivity index (χ1) is 7.36. The molecule has 1 amide bonds. The highest BCUT2D eigenvalue weighted by Crippen LogP contribution is 2.28. The molecule has 0 aromatic carbocycles. The summed E-state index contributed by atoms with van der Waals surface area (Å²) in [5, 5.41) is 6.36. The molecule has 1 saturated carbocycles. The Kier molecular flexibility index (Phi) is 4.01. The van der Waals surface area contributed by atoms with Gasteiger partial charge in [-0.1, -0.05) is 19.3 Å². The third kappa shape index (κ3) is 3.20. The fourth-order valence-corrected chi connectivity index (χ4v) is 2.38. The summed E-state index contributed by atoms with van der Waals surface area (Å²) in [4.78, 5) is 11.6. The lowest BCUT2D eigenvalue weighted by Gasteiger charge is -2.26. The Bertz CT molecular complexity index is 214. The van der Waals surface area contributed by atoms with Crippen molar-refractivity contribution < 1.29 is 4.79 Å². The van der Waals surface area contributed by atoms with Crippen molar-refractivity contribution in [3.63, 3.8) is 0 Å². The van der Waals surface area contributed by atoms with Gasteiger partial charge in [0.25, 0.3) is 0 Å². The first kappa shape index (κ1) is 10.9. The minimum atomic E-state index is 0.0765. The van der Waals surface area contributed by atoms with Crippen LogP contribution in [0.5, 0.6) is 0 Å². The van der Waals surface area contributed by atoms with Crippen LogP contribution in [0, 0.1) is 5.92 Å². The van der Waals surface area contributed by atoms with E-state index in [4.69, 9.17) is 0 Å². The van der Waals surface area contributed by atoms with Gasteiger partial charge < -0.3 is 10.6 Å². The zero-order chi connectivity index (χ0) is 10.5. The maximum Gasteiger partial charge on any atom is 0.237 e. The third-order valence-electron chi connectivity index (χ3n) is 3.70. The van der Waals surface area contributed by atoms with Crippen molar-refractivity contribution in [1.29, 1.82) is 0 Å². The van der Waals surface area contributed by atoms with E-state index in [9.17, 15) is 4.79 Å². The second kappa shape index (κ2) is 5.50. The van der Waals surface area contributed by atoms with Crippen molar-refractivity contribution in [2.45, 2.75) is 51.0 Å². The molecule has 1 saturated heterocycles. The van der Waals surface area contributed by atoms with E-state index in [-0.39, 0.29) is 11.9 Å². The first-order valence-electron chi connectivity index (χ1n) is 6.37. The lowest BCUT2D eigenvalue weighted by molar-refractivity contribution is -0.122. The van der Waals surface area contributed by atoms with E-state index in [1.807, 2.05) is 0 Å². The maximum atomic E-state index is 11.6. The molecule has 0 aromatic rings. The maximum absolute atomic E-state index is 11.6. The standard InChI is InChI=1S/C12H22N2O/c15-12-11(6-1-2-8-14-12)13-9-7-10-4-3-5-10/h10-11,13H,1-9H2,(H,14,15). The highest BCUT2D eigenvalue weighted by Gasteiger charge is 2.21. The molecular weight excluding hydrogens is 188 g/mol. The lowest BCUT2D eigenvalue weighted by atomic mass is 9.83. The molecule has 1 aliphatic carbocycles. The molecule has 2 N–H and O–H groups in total. The monoisotopic (exact) mass is 210 g/mol. The summed E-state index contributed by atoms with van der Waals surface area (Å²) in [5.74, 6) is 1.15. The number of carbonyl (C=O) groups is 1. The van der Waals surface area contributed by atoms with Crippen molar-refractivity contribution >= 4 is 5.91 Å². The van der Waals surface area contributed by atoms with Crippen molar-refractivity contribution in [2.24, 2.45) is 5.92 Å². The molecule has 86 valence electrons. The average molecular weight is 210 g/mol. The summed E-state index contributed by atoms with van der Waals surface area (Å²) in [7, 11) is 0. The van der Waals surface area contributed by atoms with Gasteiger partial charge in [0, 0.05) is 6.54 Å². The van der Waals surface area contributed by atoms with Gasteiger partial charge in [-0.05, 0) is 38.1 Å². The van der Waals surface area contributed by atoms with Crippen LogP contribution in [0.2, 0.25) is 0 Å². The van der Waals surface area contributed by atoms with E-state index in [1.54, 1.807) is 0 Å². The van der Waals surface area contributed by atoms with Crippen LogP contribution in [0.15, 0.2) is 0 Å². The molecule has 1 heterocycles. The molecule has 1 aliphatic heterocycles. The molecule has 15 heavy (non-hydrogen) atoms. The Morgan fingerprint density at radius 1 is 1.20 bits per heavy atom. The summed E-state index contributed by atoms with van der Waals surface area (Å²) in [5.41, 5.74) is 0. The van der Waals surface area contributed by atoms with Gasteiger partial charge in [0.05, 0.1) is 6.04 Å². The Labute approximate surface area is 92.0 Å². The quantitative estimate of drug-likeness (QED) is 0.737. The molecule has 1 unspecified atom stereocenters. The SMILES string of the molecule is O=C1NCCCCC1NCCC1CCC1. The second-order valence-electron chi connectivity index (χ2n) is 4.88. The Morgan fingerprint density at radius 3 is 2.80 bits per heavy atom. The van der Waals surface area contributed by atoms with E-state index >= 15 is 0 Å². The van der Waals surface area contributed by atoms with Gasteiger partial charge in [0.1, 0.15) is 0 Å². The molecular formula is C12H22N2O. The van der Waals surface area contributed by atoms with Gasteiger partial charge >= 0.3 is 0 Å². The number of amides is 1. The van der Waals surface area contributed by atoms with Gasteiger partial charge in [-0.3, -0.25) is 4.79 Å². The highest BCUT2D eigenvalue weighted by molar-refractivity contribution is 5.81. The van der Waals surface area contributed by atoms with Crippen LogP contribution < -0.4 is 10.6 Å². The number of hydrogen-bond acceptors (Lipinski definition) is 2. The predicted molar refractivity (Wildman–Crippen MR) is 60.6 cm³/mol. The van der Waals surface area contributed by atoms with Crippen LogP contribution in [-0.4, -0.2) is 25.0 Å². The van der Waals surface area contributed by atoms with Crippen molar-refractivity contribution in [3.05, 3.63) is 0 Å². The van der Waals surface area contributed by atoms with Crippen LogP contribution >= 0.6 is 0 Å². The molecule has 0 radical (unpaired) electrons. The van der Waals surface area contributed by atoms with Crippen LogP contribution in [-0.2, 0) is 4.79 Å². The normalized spacial score (nSPS) is 28.0. The highest BCUT2D eigenvalue weighted by atomic mass is 16.2. The van der Waals surface area contributed by atoms with Crippen molar-refractivity contribution in [1.82, 2.24) is 10.6 Å². The molecule has 2 fully saturated rings.